The SMILES string of the molecule is CC(C)N1C(=O)OC2(CCN(CCCN3c4ccccc4Sc4ccc(C(F)(F)F)cc43)CC2)C1(C)O. The van der Waals surface area contributed by atoms with Gasteiger partial charge < -0.3 is 19.6 Å². The maximum absolute atomic E-state index is 13.5. The van der Waals surface area contributed by atoms with E-state index in [1.54, 1.807) is 13.0 Å². The summed E-state index contributed by atoms with van der Waals surface area (Å²) in [6, 6.07) is 11.6. The Morgan fingerprint density at radius 1 is 1.05 bits per heavy atom. The van der Waals surface area contributed by atoms with Gasteiger partial charge in [0.25, 0.3) is 0 Å². The van der Waals surface area contributed by atoms with Crippen molar-refractivity contribution in [3.63, 3.8) is 0 Å². The zero-order valence-corrected chi connectivity index (χ0v) is 22.0. The molecule has 1 atom stereocenters. The molecule has 1 amide bonds. The highest BCUT2D eigenvalue weighted by Gasteiger charge is 2.63. The molecule has 0 radical (unpaired) electrons. The zero-order chi connectivity index (χ0) is 26.6. The number of amides is 1. The Morgan fingerprint density at radius 3 is 2.38 bits per heavy atom. The standard InChI is InChI=1S/C27H32F3N3O3S/c1-18(2)33-24(34)36-26(25(33,3)35)11-15-31(16-12-26)13-6-14-32-20-7-4-5-8-22(20)37-23-10-9-19(17-21(23)32)27(28,29)30/h4-5,7-10,17-18,35H,6,11-16H2,1-3H3. The van der Waals surface area contributed by atoms with Gasteiger partial charge in [0.05, 0.1) is 16.9 Å². The molecule has 3 heterocycles. The van der Waals surface area contributed by atoms with Crippen molar-refractivity contribution in [3.05, 3.63) is 48.0 Å². The van der Waals surface area contributed by atoms with E-state index in [9.17, 15) is 23.1 Å². The van der Waals surface area contributed by atoms with Gasteiger partial charge in [-0.2, -0.15) is 13.2 Å². The van der Waals surface area contributed by atoms with Crippen LogP contribution in [0.1, 0.15) is 45.6 Å². The zero-order valence-electron chi connectivity index (χ0n) is 21.2. The normalized spacial score (nSPS) is 23.4. The number of ether oxygens (including phenoxy) is 1. The van der Waals surface area contributed by atoms with E-state index < -0.39 is 29.2 Å². The first-order valence-electron chi connectivity index (χ1n) is 12.7. The maximum Gasteiger partial charge on any atom is 0.416 e. The molecule has 37 heavy (non-hydrogen) atoms. The van der Waals surface area contributed by atoms with Crippen molar-refractivity contribution in [1.82, 2.24) is 9.80 Å². The third-order valence-corrected chi connectivity index (χ3v) is 8.93. The lowest BCUT2D eigenvalue weighted by atomic mass is 9.81. The van der Waals surface area contributed by atoms with E-state index in [4.69, 9.17) is 4.74 Å². The van der Waals surface area contributed by atoms with Crippen LogP contribution in [0.15, 0.2) is 52.3 Å². The summed E-state index contributed by atoms with van der Waals surface area (Å²) in [6.45, 7) is 8.02. The van der Waals surface area contributed by atoms with Crippen LogP contribution in [0.4, 0.5) is 29.3 Å². The number of rotatable bonds is 5. The summed E-state index contributed by atoms with van der Waals surface area (Å²) in [4.78, 5) is 20.0. The quantitative estimate of drug-likeness (QED) is 0.499. The van der Waals surface area contributed by atoms with E-state index in [1.807, 2.05) is 43.0 Å². The molecule has 0 aliphatic carbocycles. The maximum atomic E-state index is 13.5. The van der Waals surface area contributed by atoms with Gasteiger partial charge in [-0.1, -0.05) is 23.9 Å². The van der Waals surface area contributed by atoms with Crippen molar-refractivity contribution in [3.8, 4) is 0 Å². The largest absolute Gasteiger partial charge is 0.437 e. The number of likely N-dealkylation sites (tertiary alicyclic amines) is 1. The molecule has 2 fully saturated rings. The third kappa shape index (κ3) is 4.57. The van der Waals surface area contributed by atoms with Crippen LogP contribution in [-0.2, 0) is 10.9 Å². The Kier molecular flexibility index (Phi) is 6.65. The summed E-state index contributed by atoms with van der Waals surface area (Å²) in [5, 5.41) is 11.2. The van der Waals surface area contributed by atoms with Crippen LogP contribution in [0.5, 0.6) is 0 Å². The van der Waals surface area contributed by atoms with Gasteiger partial charge in [0.15, 0.2) is 11.3 Å². The van der Waals surface area contributed by atoms with E-state index >= 15 is 0 Å². The Hall–Kier alpha value is -2.43. The van der Waals surface area contributed by atoms with E-state index in [-0.39, 0.29) is 6.04 Å². The minimum absolute atomic E-state index is 0.175. The molecular weight excluding hydrogens is 503 g/mol. The molecule has 0 aromatic heterocycles. The van der Waals surface area contributed by atoms with Crippen LogP contribution in [0.2, 0.25) is 0 Å². The van der Waals surface area contributed by atoms with Crippen LogP contribution in [-0.4, -0.2) is 64.5 Å². The van der Waals surface area contributed by atoms with Crippen LogP contribution in [0.3, 0.4) is 0 Å². The average molecular weight is 536 g/mol. The first-order chi connectivity index (χ1) is 17.4. The van der Waals surface area contributed by atoms with Gasteiger partial charge in [-0.15, -0.1) is 0 Å². The van der Waals surface area contributed by atoms with Crippen LogP contribution >= 0.6 is 11.8 Å². The van der Waals surface area contributed by atoms with Crippen molar-refractivity contribution in [2.24, 2.45) is 0 Å². The summed E-state index contributed by atoms with van der Waals surface area (Å²) in [7, 11) is 0. The van der Waals surface area contributed by atoms with Gasteiger partial charge in [-0.05, 0) is 64.1 Å². The van der Waals surface area contributed by atoms with Crippen molar-refractivity contribution in [2.45, 2.75) is 73.4 Å². The molecule has 0 saturated carbocycles. The molecule has 5 rings (SSSR count). The van der Waals surface area contributed by atoms with Crippen molar-refractivity contribution < 1.29 is 27.8 Å². The average Bonchev–Trinajstić information content (AvgIpc) is 3.02. The lowest BCUT2D eigenvalue weighted by Gasteiger charge is -2.45. The third-order valence-electron chi connectivity index (χ3n) is 7.80. The molecule has 3 aliphatic heterocycles. The molecule has 1 spiro atoms. The summed E-state index contributed by atoms with van der Waals surface area (Å²) >= 11 is 1.49. The second-order valence-electron chi connectivity index (χ2n) is 10.4. The second kappa shape index (κ2) is 9.39. The molecule has 10 heteroatoms. The summed E-state index contributed by atoms with van der Waals surface area (Å²) in [6.07, 6.45) is -3.09. The second-order valence-corrected chi connectivity index (χ2v) is 11.5. The molecular formula is C27H32F3N3O3S. The molecule has 2 saturated heterocycles. The fourth-order valence-corrected chi connectivity index (χ4v) is 6.91. The van der Waals surface area contributed by atoms with Crippen molar-refractivity contribution in [1.29, 1.82) is 0 Å². The van der Waals surface area contributed by atoms with E-state index in [1.165, 1.54) is 22.7 Å². The molecule has 2 aromatic carbocycles. The molecule has 1 unspecified atom stereocenters. The predicted molar refractivity (Wildman–Crippen MR) is 136 cm³/mol. The predicted octanol–water partition coefficient (Wildman–Crippen LogP) is 6.10. The lowest BCUT2D eigenvalue weighted by molar-refractivity contribution is -0.170. The van der Waals surface area contributed by atoms with Crippen LogP contribution in [0, 0.1) is 0 Å². The van der Waals surface area contributed by atoms with E-state index in [0.29, 0.717) is 38.2 Å². The monoisotopic (exact) mass is 535 g/mol. The fourth-order valence-electron chi connectivity index (χ4n) is 5.84. The van der Waals surface area contributed by atoms with Crippen molar-refractivity contribution in [2.75, 3.05) is 31.1 Å². The van der Waals surface area contributed by atoms with Crippen molar-refractivity contribution >= 4 is 29.2 Å². The van der Waals surface area contributed by atoms with Crippen LogP contribution in [0.25, 0.3) is 0 Å². The number of carbonyl (C=O) groups is 1. The Bertz CT molecular complexity index is 1180. The van der Waals surface area contributed by atoms with Gasteiger partial charge in [0.1, 0.15) is 0 Å². The molecule has 6 nitrogen and oxygen atoms in total. The smallest absolute Gasteiger partial charge is 0.416 e. The highest BCUT2D eigenvalue weighted by atomic mass is 32.2. The molecule has 200 valence electrons. The summed E-state index contributed by atoms with van der Waals surface area (Å²) < 4.78 is 46.1. The highest BCUT2D eigenvalue weighted by molar-refractivity contribution is 7.99. The molecule has 2 aromatic rings. The number of hydrogen-bond acceptors (Lipinski definition) is 6. The number of fused-ring (bicyclic) bond motifs is 2. The number of benzene rings is 2. The molecule has 3 aliphatic rings. The van der Waals surface area contributed by atoms with Gasteiger partial charge >= 0.3 is 12.3 Å². The van der Waals surface area contributed by atoms with Gasteiger partial charge in [0.2, 0.25) is 0 Å². The van der Waals surface area contributed by atoms with Gasteiger partial charge in [-0.3, -0.25) is 4.90 Å². The van der Waals surface area contributed by atoms with E-state index in [2.05, 4.69) is 4.90 Å². The number of anilines is 2. The number of alkyl halides is 3. The number of carbonyl (C=O) groups excluding carboxylic acids is 1. The first-order valence-corrected chi connectivity index (χ1v) is 13.5. The van der Waals surface area contributed by atoms with E-state index in [0.717, 1.165) is 34.5 Å². The number of nitrogens with zero attached hydrogens (tertiary/aromatic N) is 3. The number of aliphatic hydroxyl groups is 1. The Labute approximate surface area is 219 Å². The van der Waals surface area contributed by atoms with Gasteiger partial charge in [-0.25, -0.2) is 4.79 Å². The number of piperidine rings is 1. The number of hydrogen-bond donors (Lipinski definition) is 1. The molecule has 0 bridgehead atoms. The minimum atomic E-state index is -4.40. The number of halogens is 3. The summed E-state index contributed by atoms with van der Waals surface area (Å²) in [5.41, 5.74) is -1.45. The van der Waals surface area contributed by atoms with Crippen LogP contribution < -0.4 is 4.90 Å². The first kappa shape index (κ1) is 26.2. The molecule has 1 N–H and O–H groups in total. The number of para-hydroxylation sites is 1. The highest BCUT2D eigenvalue weighted by Crippen LogP contribution is 2.50. The van der Waals surface area contributed by atoms with Gasteiger partial charge in [0, 0.05) is 48.3 Å². The topological polar surface area (TPSA) is 56.2 Å². The minimum Gasteiger partial charge on any atom is -0.437 e. The Balaban J connectivity index is 1.26. The fraction of sp³-hybridized carbons (Fsp3) is 0.519. The summed E-state index contributed by atoms with van der Waals surface area (Å²) in [5.74, 6) is 0. The lowest BCUT2D eigenvalue weighted by Crippen LogP contribution is -2.61. The Morgan fingerprint density at radius 2 is 1.73 bits per heavy atom.